The van der Waals surface area contributed by atoms with Crippen molar-refractivity contribution < 1.29 is 9.47 Å². The van der Waals surface area contributed by atoms with E-state index in [1.165, 1.54) is 7.11 Å². The lowest BCUT2D eigenvalue weighted by molar-refractivity contribution is 0.233. The maximum absolute atomic E-state index is 7.29. The summed E-state index contributed by atoms with van der Waals surface area (Å²) >= 11 is 5.72. The molecule has 0 spiro atoms. The lowest BCUT2D eigenvalue weighted by atomic mass is 10.3. The van der Waals surface area contributed by atoms with E-state index in [4.69, 9.17) is 26.5 Å². The third kappa shape index (κ3) is 3.97. The molecule has 1 aromatic rings. The van der Waals surface area contributed by atoms with E-state index in [2.05, 4.69) is 15.3 Å². The predicted octanol–water partition coefficient (Wildman–Crippen LogP) is 1.75. The van der Waals surface area contributed by atoms with E-state index in [0.29, 0.717) is 30.4 Å². The van der Waals surface area contributed by atoms with Crippen molar-refractivity contribution in [2.75, 3.05) is 32.7 Å². The van der Waals surface area contributed by atoms with Crippen molar-refractivity contribution in [1.29, 1.82) is 5.41 Å². The minimum absolute atomic E-state index is 0.0471. The van der Waals surface area contributed by atoms with E-state index in [0.717, 1.165) is 6.21 Å². The topological polar surface area (TPSA) is 80.1 Å². The van der Waals surface area contributed by atoms with Gasteiger partial charge in [0.25, 0.3) is 0 Å². The Kier molecular flexibility index (Phi) is 6.10. The molecule has 7 heteroatoms. The fourth-order valence-corrected chi connectivity index (χ4v) is 1.42. The van der Waals surface area contributed by atoms with Gasteiger partial charge in [-0.15, -0.1) is 0 Å². The quantitative estimate of drug-likeness (QED) is 0.448. The molecule has 0 aliphatic rings. The van der Waals surface area contributed by atoms with Crippen LogP contribution in [0, 0.1) is 5.41 Å². The minimum atomic E-state index is 0.0471. The van der Waals surface area contributed by atoms with Gasteiger partial charge in [0, 0.05) is 19.9 Å². The lowest BCUT2D eigenvalue weighted by Gasteiger charge is -2.11. The zero-order chi connectivity index (χ0) is 13.4. The van der Waals surface area contributed by atoms with E-state index in [1.807, 2.05) is 12.2 Å². The number of rotatable bonds is 7. The summed E-state index contributed by atoms with van der Waals surface area (Å²) in [6.07, 6.45) is 4.86. The summed E-state index contributed by atoms with van der Waals surface area (Å²) in [6, 6.07) is 0. The molecule has 6 nitrogen and oxygen atoms in total. The third-order valence-electron chi connectivity index (χ3n) is 2.03. The number of aromatic nitrogens is 2. The van der Waals surface area contributed by atoms with Gasteiger partial charge in [-0.25, -0.2) is 4.98 Å². The second-order valence-electron chi connectivity index (χ2n) is 3.21. The monoisotopic (exact) mass is 270 g/mol. The first-order valence-electron chi connectivity index (χ1n) is 5.22. The van der Waals surface area contributed by atoms with E-state index in [-0.39, 0.29) is 5.28 Å². The lowest BCUT2D eigenvalue weighted by Crippen LogP contribution is -2.07. The van der Waals surface area contributed by atoms with Crippen LogP contribution in [-0.4, -0.2) is 43.6 Å². The summed E-state index contributed by atoms with van der Waals surface area (Å²) < 4.78 is 9.98. The molecule has 0 bridgehead atoms. The van der Waals surface area contributed by atoms with Gasteiger partial charge >= 0.3 is 0 Å². The Morgan fingerprint density at radius 2 is 2.11 bits per heavy atom. The van der Waals surface area contributed by atoms with Crippen LogP contribution in [0.15, 0.2) is 12.2 Å². The SMILES string of the molecule is COC/C=C/CNc1c(C=N)nc(Cl)nc1OC. The molecule has 0 atom stereocenters. The zero-order valence-corrected chi connectivity index (χ0v) is 11.0. The Morgan fingerprint density at radius 3 is 2.72 bits per heavy atom. The standard InChI is InChI=1S/C11H15ClN4O2/c1-17-6-4-3-5-14-9-8(7-13)15-11(12)16-10(9)18-2/h3-4,7,13-14H,5-6H2,1-2H3/b4-3+,13-7?. The molecule has 1 rings (SSSR count). The Morgan fingerprint density at radius 1 is 1.33 bits per heavy atom. The van der Waals surface area contributed by atoms with Crippen molar-refractivity contribution >= 4 is 23.5 Å². The van der Waals surface area contributed by atoms with Gasteiger partial charge in [-0.2, -0.15) is 4.98 Å². The molecule has 0 saturated heterocycles. The van der Waals surface area contributed by atoms with Crippen LogP contribution in [0.4, 0.5) is 5.69 Å². The molecular formula is C11H15ClN4O2. The highest BCUT2D eigenvalue weighted by Crippen LogP contribution is 2.25. The van der Waals surface area contributed by atoms with Crippen molar-refractivity contribution in [1.82, 2.24) is 9.97 Å². The highest BCUT2D eigenvalue weighted by molar-refractivity contribution is 6.28. The summed E-state index contributed by atoms with van der Waals surface area (Å²) in [7, 11) is 3.11. The van der Waals surface area contributed by atoms with Crippen LogP contribution < -0.4 is 10.1 Å². The van der Waals surface area contributed by atoms with Crippen molar-refractivity contribution in [2.24, 2.45) is 0 Å². The molecule has 1 heterocycles. The summed E-state index contributed by atoms with van der Waals surface area (Å²) in [5.74, 6) is 0.314. The van der Waals surface area contributed by atoms with Crippen LogP contribution in [-0.2, 0) is 4.74 Å². The largest absolute Gasteiger partial charge is 0.479 e. The van der Waals surface area contributed by atoms with Crippen LogP contribution >= 0.6 is 11.6 Å². The van der Waals surface area contributed by atoms with E-state index in [1.54, 1.807) is 7.11 Å². The smallest absolute Gasteiger partial charge is 0.242 e. The zero-order valence-electron chi connectivity index (χ0n) is 10.2. The van der Waals surface area contributed by atoms with Crippen LogP contribution in [0.1, 0.15) is 5.69 Å². The average molecular weight is 271 g/mol. The Balaban J connectivity index is 2.82. The van der Waals surface area contributed by atoms with Gasteiger partial charge in [-0.1, -0.05) is 12.2 Å². The molecule has 0 unspecified atom stereocenters. The predicted molar refractivity (Wildman–Crippen MR) is 71.0 cm³/mol. The first kappa shape index (κ1) is 14.4. The van der Waals surface area contributed by atoms with Gasteiger partial charge in [0.2, 0.25) is 11.2 Å². The number of ether oxygens (including phenoxy) is 2. The maximum atomic E-state index is 7.29. The normalized spacial score (nSPS) is 10.6. The second-order valence-corrected chi connectivity index (χ2v) is 3.55. The van der Waals surface area contributed by atoms with Gasteiger partial charge in [-0.05, 0) is 11.6 Å². The molecule has 0 aliphatic heterocycles. The fraction of sp³-hybridized carbons (Fsp3) is 0.364. The van der Waals surface area contributed by atoms with E-state index >= 15 is 0 Å². The summed E-state index contributed by atoms with van der Waals surface area (Å²) in [4.78, 5) is 7.87. The number of hydrogen-bond acceptors (Lipinski definition) is 6. The van der Waals surface area contributed by atoms with Gasteiger partial charge in [-0.3, -0.25) is 0 Å². The molecule has 0 aromatic carbocycles. The molecule has 98 valence electrons. The van der Waals surface area contributed by atoms with Crippen molar-refractivity contribution in [2.45, 2.75) is 0 Å². The van der Waals surface area contributed by atoms with Crippen LogP contribution in [0.5, 0.6) is 5.88 Å². The number of methoxy groups -OCH3 is 2. The van der Waals surface area contributed by atoms with Crippen molar-refractivity contribution in [3.63, 3.8) is 0 Å². The molecule has 0 amide bonds. The van der Waals surface area contributed by atoms with Gasteiger partial charge in [0.1, 0.15) is 11.4 Å². The summed E-state index contributed by atoms with van der Waals surface area (Å²) in [6.45, 7) is 1.10. The van der Waals surface area contributed by atoms with E-state index in [9.17, 15) is 0 Å². The first-order valence-corrected chi connectivity index (χ1v) is 5.60. The third-order valence-corrected chi connectivity index (χ3v) is 2.20. The molecule has 0 fully saturated rings. The Hall–Kier alpha value is -1.66. The molecule has 0 aliphatic carbocycles. The molecular weight excluding hydrogens is 256 g/mol. The molecule has 0 saturated carbocycles. The van der Waals surface area contributed by atoms with Gasteiger partial charge in [0.15, 0.2) is 0 Å². The molecule has 18 heavy (non-hydrogen) atoms. The second kappa shape index (κ2) is 7.62. The van der Waals surface area contributed by atoms with Crippen molar-refractivity contribution in [3.05, 3.63) is 23.1 Å². The van der Waals surface area contributed by atoms with Crippen molar-refractivity contribution in [3.8, 4) is 5.88 Å². The van der Waals surface area contributed by atoms with Gasteiger partial charge in [0.05, 0.1) is 13.7 Å². The number of nitrogens with zero attached hydrogens (tertiary/aromatic N) is 2. The minimum Gasteiger partial charge on any atom is -0.479 e. The fourth-order valence-electron chi connectivity index (χ4n) is 1.26. The average Bonchev–Trinajstić information content (AvgIpc) is 2.39. The highest BCUT2D eigenvalue weighted by atomic mass is 35.5. The first-order chi connectivity index (χ1) is 8.72. The Bertz CT molecular complexity index is 437. The van der Waals surface area contributed by atoms with Crippen LogP contribution in [0.2, 0.25) is 5.28 Å². The molecule has 1 aromatic heterocycles. The number of halogens is 1. The number of hydrogen-bond donors (Lipinski definition) is 2. The summed E-state index contributed by atoms with van der Waals surface area (Å²) in [5, 5.41) is 10.4. The highest BCUT2D eigenvalue weighted by Gasteiger charge is 2.11. The number of nitrogens with one attached hydrogen (secondary N) is 2. The number of anilines is 1. The molecule has 0 radical (unpaired) electrons. The molecule has 2 N–H and O–H groups in total. The van der Waals surface area contributed by atoms with E-state index < -0.39 is 0 Å². The van der Waals surface area contributed by atoms with Crippen LogP contribution in [0.25, 0.3) is 0 Å². The maximum Gasteiger partial charge on any atom is 0.242 e. The van der Waals surface area contributed by atoms with Crippen LogP contribution in [0.3, 0.4) is 0 Å². The summed E-state index contributed by atoms with van der Waals surface area (Å²) in [5.41, 5.74) is 0.922. The van der Waals surface area contributed by atoms with Gasteiger partial charge < -0.3 is 20.2 Å². The Labute approximate surface area is 111 Å².